The topological polar surface area (TPSA) is 90.7 Å². The summed E-state index contributed by atoms with van der Waals surface area (Å²) in [5.74, 6) is -0.00492. The normalized spacial score (nSPS) is 23.8. The van der Waals surface area contributed by atoms with Gasteiger partial charge in [0, 0.05) is 26.2 Å². The van der Waals surface area contributed by atoms with E-state index in [9.17, 15) is 13.2 Å². The molecule has 0 bridgehead atoms. The summed E-state index contributed by atoms with van der Waals surface area (Å²) in [6.45, 7) is 1.62. The Bertz CT molecular complexity index is 859. The fraction of sp³-hybridized carbons (Fsp3) is 0.619. The number of benzene rings is 1. The Morgan fingerprint density at radius 3 is 2.72 bits per heavy atom. The second-order valence-corrected chi connectivity index (χ2v) is 10.0. The van der Waals surface area contributed by atoms with E-state index in [0.29, 0.717) is 30.1 Å². The third kappa shape index (κ3) is 5.56. The van der Waals surface area contributed by atoms with Gasteiger partial charge in [-0.15, -0.1) is 0 Å². The lowest BCUT2D eigenvalue weighted by atomic mass is 9.89. The number of hydrogen-bond donors (Lipinski definition) is 0. The van der Waals surface area contributed by atoms with Crippen LogP contribution in [0.15, 0.2) is 24.3 Å². The summed E-state index contributed by atoms with van der Waals surface area (Å²) in [5.41, 5.74) is 1.14. The van der Waals surface area contributed by atoms with Crippen molar-refractivity contribution in [3.05, 3.63) is 35.4 Å². The Hall–Kier alpha value is -1.95. The van der Waals surface area contributed by atoms with Crippen molar-refractivity contribution in [2.45, 2.75) is 44.7 Å². The predicted molar refractivity (Wildman–Crippen MR) is 109 cm³/mol. The van der Waals surface area contributed by atoms with E-state index >= 15 is 0 Å². The van der Waals surface area contributed by atoms with Gasteiger partial charge in [-0.05, 0) is 36.5 Å². The van der Waals surface area contributed by atoms with E-state index in [1.54, 1.807) is 24.3 Å². The summed E-state index contributed by atoms with van der Waals surface area (Å²) in [4.78, 5) is 14.7. The molecule has 1 aromatic rings. The Morgan fingerprint density at radius 2 is 2.03 bits per heavy atom. The number of ether oxygens (including phenoxy) is 1. The number of carbonyl (C=O) groups is 1. The molecule has 1 aliphatic carbocycles. The van der Waals surface area contributed by atoms with Crippen LogP contribution in [0.4, 0.5) is 0 Å². The lowest BCUT2D eigenvalue weighted by Crippen LogP contribution is -2.48. The van der Waals surface area contributed by atoms with Crippen molar-refractivity contribution in [1.29, 1.82) is 5.26 Å². The van der Waals surface area contributed by atoms with Crippen LogP contribution >= 0.6 is 0 Å². The summed E-state index contributed by atoms with van der Waals surface area (Å²) >= 11 is 0. The zero-order valence-electron chi connectivity index (χ0n) is 16.9. The number of nitrogens with zero attached hydrogens (tertiary/aromatic N) is 3. The largest absolute Gasteiger partial charge is 0.468 e. The quantitative estimate of drug-likeness (QED) is 0.679. The number of methoxy groups -OCH3 is 1. The van der Waals surface area contributed by atoms with Crippen LogP contribution in [0.2, 0.25) is 0 Å². The summed E-state index contributed by atoms with van der Waals surface area (Å²) < 4.78 is 32.3. The lowest BCUT2D eigenvalue weighted by molar-refractivity contribution is -0.145. The molecule has 3 rings (SSSR count). The molecule has 1 aromatic carbocycles. The van der Waals surface area contributed by atoms with Crippen molar-refractivity contribution in [3.63, 3.8) is 0 Å². The molecule has 1 saturated carbocycles. The Balaban J connectivity index is 1.84. The molecule has 1 saturated heterocycles. The Labute approximate surface area is 173 Å². The number of carbonyl (C=O) groups excluding carboxylic acids is 1. The fourth-order valence-corrected chi connectivity index (χ4v) is 5.95. The van der Waals surface area contributed by atoms with Crippen molar-refractivity contribution < 1.29 is 17.9 Å². The van der Waals surface area contributed by atoms with E-state index in [1.165, 1.54) is 30.7 Å². The van der Waals surface area contributed by atoms with Crippen molar-refractivity contribution in [3.8, 4) is 6.07 Å². The maximum absolute atomic E-state index is 13.1. The highest BCUT2D eigenvalue weighted by Gasteiger charge is 2.40. The van der Waals surface area contributed by atoms with Crippen LogP contribution in [0.1, 0.15) is 43.2 Å². The van der Waals surface area contributed by atoms with Crippen LogP contribution in [0.3, 0.4) is 0 Å². The minimum Gasteiger partial charge on any atom is -0.468 e. The fourth-order valence-electron chi connectivity index (χ4n) is 4.34. The molecule has 2 fully saturated rings. The second-order valence-electron chi connectivity index (χ2n) is 7.98. The summed E-state index contributed by atoms with van der Waals surface area (Å²) in [5, 5.41) is 9.12. The zero-order chi connectivity index (χ0) is 20.9. The van der Waals surface area contributed by atoms with Crippen LogP contribution in [0.25, 0.3) is 0 Å². The van der Waals surface area contributed by atoms with Gasteiger partial charge >= 0.3 is 5.97 Å². The minimum atomic E-state index is -3.65. The first-order valence-electron chi connectivity index (χ1n) is 10.2. The van der Waals surface area contributed by atoms with Gasteiger partial charge in [0.1, 0.15) is 6.04 Å². The minimum absolute atomic E-state index is 0.0227. The highest BCUT2D eigenvalue weighted by Crippen LogP contribution is 2.26. The Morgan fingerprint density at radius 1 is 1.28 bits per heavy atom. The van der Waals surface area contributed by atoms with Crippen LogP contribution in [0.5, 0.6) is 0 Å². The molecular formula is C21H29N3O4S. The number of rotatable bonds is 5. The van der Waals surface area contributed by atoms with E-state index in [-0.39, 0.29) is 12.3 Å². The molecule has 0 aromatic heterocycles. The molecule has 1 heterocycles. The van der Waals surface area contributed by atoms with E-state index in [4.69, 9.17) is 10.00 Å². The predicted octanol–water partition coefficient (Wildman–Crippen LogP) is 2.13. The third-order valence-electron chi connectivity index (χ3n) is 5.91. The van der Waals surface area contributed by atoms with Gasteiger partial charge in [0.2, 0.25) is 10.0 Å². The lowest BCUT2D eigenvalue weighted by Gasteiger charge is -2.31. The summed E-state index contributed by atoms with van der Waals surface area (Å²) in [6, 6.07) is 8.01. The maximum atomic E-state index is 13.1. The average molecular weight is 420 g/mol. The van der Waals surface area contributed by atoms with Crippen LogP contribution in [-0.4, -0.2) is 62.1 Å². The standard InChI is InChI=1S/C21H29N3O4S/c1-28-21(25)20-16-23(14-17-6-3-2-4-7-17)10-11-29(26,27)24(20)15-19-9-5-8-18(12-19)13-22/h5,8-9,12,17,20H,2-4,6-7,10-11,14-16H2,1H3. The van der Waals surface area contributed by atoms with E-state index in [0.717, 1.165) is 19.4 Å². The smallest absolute Gasteiger partial charge is 0.325 e. The maximum Gasteiger partial charge on any atom is 0.325 e. The second kappa shape index (κ2) is 9.70. The van der Waals surface area contributed by atoms with Gasteiger partial charge in [0.25, 0.3) is 0 Å². The van der Waals surface area contributed by atoms with Gasteiger partial charge in [0.05, 0.1) is 24.5 Å². The molecule has 7 nitrogen and oxygen atoms in total. The molecule has 1 aliphatic heterocycles. The first-order chi connectivity index (χ1) is 13.9. The first-order valence-corrected chi connectivity index (χ1v) is 11.8. The number of nitriles is 1. The van der Waals surface area contributed by atoms with E-state index in [2.05, 4.69) is 11.0 Å². The molecule has 2 aliphatic rings. The molecule has 0 N–H and O–H groups in total. The molecule has 8 heteroatoms. The highest BCUT2D eigenvalue weighted by atomic mass is 32.2. The van der Waals surface area contributed by atoms with Gasteiger partial charge in [-0.1, -0.05) is 31.4 Å². The molecule has 0 spiro atoms. The zero-order valence-corrected chi connectivity index (χ0v) is 17.7. The molecule has 0 radical (unpaired) electrons. The van der Waals surface area contributed by atoms with Gasteiger partial charge in [-0.25, -0.2) is 8.42 Å². The van der Waals surface area contributed by atoms with E-state index < -0.39 is 22.0 Å². The number of esters is 1. The monoisotopic (exact) mass is 419 g/mol. The van der Waals surface area contributed by atoms with Crippen LogP contribution < -0.4 is 0 Å². The Kier molecular flexibility index (Phi) is 7.28. The van der Waals surface area contributed by atoms with E-state index in [1.807, 2.05) is 0 Å². The molecule has 1 unspecified atom stereocenters. The summed E-state index contributed by atoms with van der Waals surface area (Å²) in [6.07, 6.45) is 6.04. The van der Waals surface area contributed by atoms with Crippen LogP contribution in [0, 0.1) is 17.2 Å². The number of hydrogen-bond acceptors (Lipinski definition) is 6. The molecular weight excluding hydrogens is 390 g/mol. The SMILES string of the molecule is COC(=O)C1CN(CC2CCCCC2)CCS(=O)(=O)N1Cc1cccc(C#N)c1. The molecule has 158 valence electrons. The van der Waals surface area contributed by atoms with Gasteiger partial charge in [-0.2, -0.15) is 9.57 Å². The average Bonchev–Trinajstić information content (AvgIpc) is 2.85. The number of sulfonamides is 1. The van der Waals surface area contributed by atoms with Crippen molar-refractivity contribution in [2.75, 3.05) is 32.5 Å². The molecule has 29 heavy (non-hydrogen) atoms. The summed E-state index contributed by atoms with van der Waals surface area (Å²) in [7, 11) is -2.36. The highest BCUT2D eigenvalue weighted by molar-refractivity contribution is 7.89. The van der Waals surface area contributed by atoms with Crippen molar-refractivity contribution in [1.82, 2.24) is 9.21 Å². The van der Waals surface area contributed by atoms with Gasteiger partial charge < -0.3 is 4.74 Å². The molecule has 1 atom stereocenters. The van der Waals surface area contributed by atoms with Gasteiger partial charge in [0.15, 0.2) is 0 Å². The molecule has 0 amide bonds. The first kappa shape index (κ1) is 21.8. The van der Waals surface area contributed by atoms with Gasteiger partial charge in [-0.3, -0.25) is 9.69 Å². The third-order valence-corrected chi connectivity index (χ3v) is 7.71. The van der Waals surface area contributed by atoms with Crippen LogP contribution in [-0.2, 0) is 26.1 Å². The van der Waals surface area contributed by atoms with Crippen molar-refractivity contribution >= 4 is 16.0 Å². The van der Waals surface area contributed by atoms with Crippen molar-refractivity contribution in [2.24, 2.45) is 5.92 Å².